The maximum Gasteiger partial charge on any atom is 0.268 e. The number of fused-ring (bicyclic) bond motifs is 2. The molecule has 7 nitrogen and oxygen atoms in total. The van der Waals surface area contributed by atoms with E-state index in [-0.39, 0.29) is 18.4 Å². The van der Waals surface area contributed by atoms with Crippen molar-refractivity contribution < 1.29 is 19.1 Å². The highest BCUT2D eigenvalue weighted by atomic mass is 32.2. The quantitative estimate of drug-likeness (QED) is 0.540. The molecular weight excluding hydrogens is 462 g/mol. The Kier molecular flexibility index (Phi) is 5.87. The summed E-state index contributed by atoms with van der Waals surface area (Å²) < 4.78 is 10.8. The summed E-state index contributed by atoms with van der Waals surface area (Å²) in [5, 5.41) is 9.30. The van der Waals surface area contributed by atoms with Crippen LogP contribution in [0.2, 0.25) is 0 Å². The maximum absolute atomic E-state index is 14.2. The van der Waals surface area contributed by atoms with Gasteiger partial charge in [-0.2, -0.15) is 5.26 Å². The van der Waals surface area contributed by atoms with E-state index in [4.69, 9.17) is 9.47 Å². The molecule has 3 aromatic rings. The number of anilines is 1. The average molecular weight is 486 g/mol. The lowest BCUT2D eigenvalue weighted by Gasteiger charge is -2.33. The van der Waals surface area contributed by atoms with Gasteiger partial charge in [0.2, 0.25) is 0 Å². The molecule has 0 saturated carbocycles. The van der Waals surface area contributed by atoms with Gasteiger partial charge in [-0.15, -0.1) is 11.8 Å². The number of carbonyl (C=O) groups excluding carboxylic acids is 2. The largest absolute Gasteiger partial charge is 0.497 e. The zero-order valence-corrected chi connectivity index (χ0v) is 20.2. The maximum atomic E-state index is 14.2. The van der Waals surface area contributed by atoms with Gasteiger partial charge in [-0.25, -0.2) is 0 Å². The van der Waals surface area contributed by atoms with Crippen LogP contribution in [-0.4, -0.2) is 43.2 Å². The number of hydrogen-bond donors (Lipinski definition) is 0. The Morgan fingerprint density at radius 3 is 2.60 bits per heavy atom. The van der Waals surface area contributed by atoms with Crippen molar-refractivity contribution in [3.63, 3.8) is 0 Å². The lowest BCUT2D eigenvalue weighted by atomic mass is 10.0. The van der Waals surface area contributed by atoms with Crippen molar-refractivity contribution in [3.8, 4) is 17.6 Å². The van der Waals surface area contributed by atoms with Crippen LogP contribution in [0, 0.1) is 11.3 Å². The third kappa shape index (κ3) is 3.69. The molecule has 2 aliphatic rings. The molecule has 3 aromatic carbocycles. The fraction of sp³-hybridized carbons (Fsp3) is 0.222. The van der Waals surface area contributed by atoms with Crippen molar-refractivity contribution in [1.29, 1.82) is 5.26 Å². The van der Waals surface area contributed by atoms with Gasteiger partial charge in [0.05, 0.1) is 38.1 Å². The first kappa shape index (κ1) is 22.8. The fourth-order valence-electron chi connectivity index (χ4n) is 4.71. The highest BCUT2D eigenvalue weighted by molar-refractivity contribution is 8.01. The van der Waals surface area contributed by atoms with Crippen molar-refractivity contribution in [2.45, 2.75) is 11.4 Å². The number of benzene rings is 3. The van der Waals surface area contributed by atoms with Gasteiger partial charge < -0.3 is 19.3 Å². The molecule has 0 bridgehead atoms. The molecule has 0 N–H and O–H groups in total. The van der Waals surface area contributed by atoms with Gasteiger partial charge in [-0.3, -0.25) is 9.59 Å². The van der Waals surface area contributed by atoms with Crippen LogP contribution >= 0.6 is 11.8 Å². The first-order chi connectivity index (χ1) is 17.0. The summed E-state index contributed by atoms with van der Waals surface area (Å²) in [6.45, 7) is 0.720. The molecule has 1 spiro atoms. The van der Waals surface area contributed by atoms with Crippen LogP contribution in [0.15, 0.2) is 66.7 Å². The number of ether oxygens (including phenoxy) is 2. The van der Waals surface area contributed by atoms with Gasteiger partial charge >= 0.3 is 0 Å². The lowest BCUT2D eigenvalue weighted by molar-refractivity contribution is -0.123. The predicted octanol–water partition coefficient (Wildman–Crippen LogP) is 4.16. The van der Waals surface area contributed by atoms with E-state index in [9.17, 15) is 14.9 Å². The molecule has 1 unspecified atom stereocenters. The SMILES string of the molecule is COc1cccc(C(=O)N2CCSC23C(=O)N(Cc2cccc(C#N)c2)c2ccc(OC)cc23)c1. The number of carbonyl (C=O) groups is 2. The summed E-state index contributed by atoms with van der Waals surface area (Å²) in [5.74, 6) is 1.41. The number of thioether (sulfide) groups is 1. The predicted molar refractivity (Wildman–Crippen MR) is 134 cm³/mol. The average Bonchev–Trinajstić information content (AvgIpc) is 3.45. The summed E-state index contributed by atoms with van der Waals surface area (Å²) >= 11 is 1.46. The van der Waals surface area contributed by atoms with Crippen LogP contribution in [0.4, 0.5) is 5.69 Å². The Labute approximate surface area is 207 Å². The minimum absolute atomic E-state index is 0.179. The monoisotopic (exact) mass is 485 g/mol. The second kappa shape index (κ2) is 9.01. The second-order valence-electron chi connectivity index (χ2n) is 8.27. The molecule has 0 aliphatic carbocycles. The van der Waals surface area contributed by atoms with Crippen molar-refractivity contribution in [2.24, 2.45) is 0 Å². The molecule has 0 aromatic heterocycles. The molecule has 176 valence electrons. The Hall–Kier alpha value is -3.96. The Bertz CT molecular complexity index is 1370. The number of methoxy groups -OCH3 is 2. The lowest BCUT2D eigenvalue weighted by Crippen LogP contribution is -2.50. The molecule has 0 radical (unpaired) electrons. The fourth-order valence-corrected chi connectivity index (χ4v) is 6.16. The first-order valence-corrected chi connectivity index (χ1v) is 12.1. The Morgan fingerprint density at radius 2 is 1.83 bits per heavy atom. The van der Waals surface area contributed by atoms with Crippen LogP contribution in [-0.2, 0) is 16.2 Å². The molecule has 35 heavy (non-hydrogen) atoms. The zero-order chi connectivity index (χ0) is 24.6. The van der Waals surface area contributed by atoms with Gasteiger partial charge in [0.25, 0.3) is 11.8 Å². The van der Waals surface area contributed by atoms with Crippen molar-refractivity contribution >= 4 is 29.3 Å². The molecule has 5 rings (SSSR count). The summed E-state index contributed by atoms with van der Waals surface area (Å²) in [5.41, 5.74) is 3.30. The van der Waals surface area contributed by atoms with Crippen LogP contribution in [0.5, 0.6) is 11.5 Å². The third-order valence-electron chi connectivity index (χ3n) is 6.36. The number of rotatable bonds is 5. The van der Waals surface area contributed by atoms with E-state index in [0.29, 0.717) is 34.9 Å². The van der Waals surface area contributed by atoms with E-state index in [1.54, 1.807) is 60.4 Å². The molecule has 2 amide bonds. The van der Waals surface area contributed by atoms with E-state index in [2.05, 4.69) is 6.07 Å². The van der Waals surface area contributed by atoms with Gasteiger partial charge in [-0.1, -0.05) is 18.2 Å². The molecule has 2 aliphatic heterocycles. The number of hydrogen-bond acceptors (Lipinski definition) is 6. The van der Waals surface area contributed by atoms with E-state index in [0.717, 1.165) is 16.8 Å². The van der Waals surface area contributed by atoms with Gasteiger partial charge in [-0.05, 0) is 54.1 Å². The van der Waals surface area contributed by atoms with E-state index < -0.39 is 4.87 Å². The Balaban J connectivity index is 1.60. The zero-order valence-electron chi connectivity index (χ0n) is 19.4. The van der Waals surface area contributed by atoms with Crippen LogP contribution in [0.1, 0.15) is 27.0 Å². The van der Waals surface area contributed by atoms with Gasteiger partial charge in [0.1, 0.15) is 11.5 Å². The minimum Gasteiger partial charge on any atom is -0.497 e. The Morgan fingerprint density at radius 1 is 1.06 bits per heavy atom. The van der Waals surface area contributed by atoms with E-state index >= 15 is 0 Å². The smallest absolute Gasteiger partial charge is 0.268 e. The number of nitriles is 1. The molecule has 1 fully saturated rings. The molecular formula is C27H23N3O4S. The van der Waals surface area contributed by atoms with Crippen molar-refractivity contribution in [1.82, 2.24) is 4.90 Å². The topological polar surface area (TPSA) is 82.9 Å². The van der Waals surface area contributed by atoms with Crippen LogP contribution < -0.4 is 14.4 Å². The highest BCUT2D eigenvalue weighted by Gasteiger charge is 2.59. The summed E-state index contributed by atoms with van der Waals surface area (Å²) in [4.78, 5) is 30.1. The van der Waals surface area contributed by atoms with Crippen molar-refractivity contribution in [3.05, 3.63) is 89.0 Å². The summed E-state index contributed by atoms with van der Waals surface area (Å²) in [6, 6.07) is 21.9. The first-order valence-electron chi connectivity index (χ1n) is 11.1. The molecule has 1 saturated heterocycles. The van der Waals surface area contributed by atoms with E-state index in [1.807, 2.05) is 30.3 Å². The highest BCUT2D eigenvalue weighted by Crippen LogP contribution is 2.55. The summed E-state index contributed by atoms with van der Waals surface area (Å²) in [6.07, 6.45) is 0. The van der Waals surface area contributed by atoms with Gasteiger partial charge in [0.15, 0.2) is 4.87 Å². The second-order valence-corrected chi connectivity index (χ2v) is 9.56. The normalized spacial score (nSPS) is 18.5. The standard InChI is InChI=1S/C27H23N3O4S/c1-33-21-8-4-7-20(14-21)25(31)30-11-12-35-27(30)23-15-22(34-2)9-10-24(23)29(26(27)32)17-19-6-3-5-18(13-19)16-28/h3-10,13-15H,11-12,17H2,1-2H3. The number of amides is 2. The van der Waals surface area contributed by atoms with E-state index in [1.165, 1.54) is 11.8 Å². The third-order valence-corrected chi connectivity index (χ3v) is 7.78. The van der Waals surface area contributed by atoms with Crippen LogP contribution in [0.25, 0.3) is 0 Å². The minimum atomic E-state index is -1.20. The number of nitrogens with zero attached hydrogens (tertiary/aromatic N) is 3. The molecule has 8 heteroatoms. The van der Waals surface area contributed by atoms with Gasteiger partial charge in [0, 0.05) is 23.4 Å². The molecule has 1 atom stereocenters. The van der Waals surface area contributed by atoms with Crippen molar-refractivity contribution in [2.75, 3.05) is 31.4 Å². The van der Waals surface area contributed by atoms with Crippen LogP contribution in [0.3, 0.4) is 0 Å². The molecule has 2 heterocycles. The summed E-state index contributed by atoms with van der Waals surface area (Å²) in [7, 11) is 3.14.